The maximum atomic E-state index is 5.91. The summed E-state index contributed by atoms with van der Waals surface area (Å²) in [5.41, 5.74) is 5.91. The number of nitrogens with zero attached hydrogens (tertiary/aromatic N) is 1. The van der Waals surface area contributed by atoms with Crippen LogP contribution in [0.1, 0.15) is 40.0 Å². The lowest BCUT2D eigenvalue weighted by Gasteiger charge is -2.40. The van der Waals surface area contributed by atoms with Crippen LogP contribution < -0.4 is 5.73 Å². The molecule has 4 heteroatoms. The van der Waals surface area contributed by atoms with Crippen LogP contribution in [-0.4, -0.2) is 50.1 Å². The zero-order chi connectivity index (χ0) is 13.4. The van der Waals surface area contributed by atoms with Crippen LogP contribution in [0.25, 0.3) is 0 Å². The summed E-state index contributed by atoms with van der Waals surface area (Å²) in [5.74, 6) is 0.840. The van der Waals surface area contributed by atoms with Crippen molar-refractivity contribution in [1.29, 1.82) is 0 Å². The average Bonchev–Trinajstić information content (AvgIpc) is 2.39. The summed E-state index contributed by atoms with van der Waals surface area (Å²) in [6.07, 6.45) is 3.66. The third kappa shape index (κ3) is 4.84. The largest absolute Gasteiger partial charge is 0.352 e. The summed E-state index contributed by atoms with van der Waals surface area (Å²) < 4.78 is 11.3. The van der Waals surface area contributed by atoms with Crippen LogP contribution >= 0.6 is 0 Å². The van der Waals surface area contributed by atoms with E-state index in [9.17, 15) is 0 Å². The second-order valence-corrected chi connectivity index (χ2v) is 5.02. The van der Waals surface area contributed by atoms with Crippen LogP contribution in [0.4, 0.5) is 0 Å². The molecule has 1 aliphatic rings. The number of piperidine rings is 1. The highest BCUT2D eigenvalue weighted by Crippen LogP contribution is 2.25. The molecule has 1 aliphatic heterocycles. The molecular formula is C14H30N2O2. The molecule has 0 bridgehead atoms. The average molecular weight is 258 g/mol. The fraction of sp³-hybridized carbons (Fsp3) is 1.00. The number of hydrogen-bond donors (Lipinski definition) is 1. The molecule has 2 unspecified atom stereocenters. The van der Waals surface area contributed by atoms with Crippen molar-refractivity contribution in [3.8, 4) is 0 Å². The van der Waals surface area contributed by atoms with E-state index in [0.29, 0.717) is 19.3 Å². The predicted octanol–water partition coefficient (Wildman–Crippen LogP) is 1.83. The smallest absolute Gasteiger partial charge is 0.170 e. The second kappa shape index (κ2) is 8.86. The fourth-order valence-electron chi connectivity index (χ4n) is 2.76. The van der Waals surface area contributed by atoms with Crippen LogP contribution in [0.2, 0.25) is 0 Å². The molecule has 0 amide bonds. The monoisotopic (exact) mass is 258 g/mol. The molecule has 0 radical (unpaired) electrons. The third-order valence-corrected chi connectivity index (χ3v) is 3.88. The van der Waals surface area contributed by atoms with E-state index in [2.05, 4.69) is 11.8 Å². The summed E-state index contributed by atoms with van der Waals surface area (Å²) in [5, 5.41) is 0. The molecule has 0 saturated carbocycles. The molecule has 0 aromatic rings. The molecule has 2 N–H and O–H groups in total. The van der Waals surface area contributed by atoms with E-state index in [0.717, 1.165) is 25.6 Å². The number of hydrogen-bond acceptors (Lipinski definition) is 4. The van der Waals surface area contributed by atoms with Crippen molar-refractivity contribution in [3.63, 3.8) is 0 Å². The first-order valence-corrected chi connectivity index (χ1v) is 7.42. The van der Waals surface area contributed by atoms with Crippen molar-refractivity contribution in [3.05, 3.63) is 0 Å². The molecule has 0 aromatic carbocycles. The number of nitrogens with two attached hydrogens (primary N) is 1. The predicted molar refractivity (Wildman–Crippen MR) is 74.5 cm³/mol. The first-order chi connectivity index (χ1) is 8.74. The first-order valence-electron chi connectivity index (χ1n) is 7.42. The Labute approximate surface area is 112 Å². The molecule has 1 rings (SSSR count). The SMILES string of the molecule is CCOC(CN1CCC(CC)CC1CN)OCC. The highest BCUT2D eigenvalue weighted by Gasteiger charge is 2.28. The lowest BCUT2D eigenvalue weighted by Crippen LogP contribution is -2.50. The van der Waals surface area contributed by atoms with Crippen molar-refractivity contribution in [2.45, 2.75) is 52.4 Å². The normalized spacial score (nSPS) is 25.8. The van der Waals surface area contributed by atoms with E-state index >= 15 is 0 Å². The minimum absolute atomic E-state index is 0.104. The van der Waals surface area contributed by atoms with Crippen molar-refractivity contribution in [2.24, 2.45) is 11.7 Å². The Morgan fingerprint density at radius 3 is 2.39 bits per heavy atom. The van der Waals surface area contributed by atoms with Crippen molar-refractivity contribution in [1.82, 2.24) is 4.90 Å². The van der Waals surface area contributed by atoms with Gasteiger partial charge in [-0.15, -0.1) is 0 Å². The van der Waals surface area contributed by atoms with Gasteiger partial charge in [0.15, 0.2) is 6.29 Å². The van der Waals surface area contributed by atoms with Gasteiger partial charge in [-0.1, -0.05) is 13.3 Å². The summed E-state index contributed by atoms with van der Waals surface area (Å²) >= 11 is 0. The van der Waals surface area contributed by atoms with Crippen LogP contribution in [0.3, 0.4) is 0 Å². The Balaban J connectivity index is 2.47. The van der Waals surface area contributed by atoms with Crippen molar-refractivity contribution in [2.75, 3.05) is 32.8 Å². The molecule has 18 heavy (non-hydrogen) atoms. The van der Waals surface area contributed by atoms with Gasteiger partial charge < -0.3 is 15.2 Å². The van der Waals surface area contributed by atoms with Gasteiger partial charge in [-0.25, -0.2) is 0 Å². The Hall–Kier alpha value is -0.160. The quantitative estimate of drug-likeness (QED) is 0.675. The van der Waals surface area contributed by atoms with Gasteiger partial charge >= 0.3 is 0 Å². The van der Waals surface area contributed by atoms with Crippen molar-refractivity contribution < 1.29 is 9.47 Å². The molecule has 1 heterocycles. The Kier molecular flexibility index (Phi) is 7.82. The lowest BCUT2D eigenvalue weighted by atomic mass is 9.89. The van der Waals surface area contributed by atoms with E-state index in [1.807, 2.05) is 13.8 Å². The number of likely N-dealkylation sites (tertiary alicyclic amines) is 1. The maximum Gasteiger partial charge on any atom is 0.170 e. The highest BCUT2D eigenvalue weighted by atomic mass is 16.7. The Morgan fingerprint density at radius 1 is 1.22 bits per heavy atom. The molecule has 0 aromatic heterocycles. The zero-order valence-electron chi connectivity index (χ0n) is 12.2. The van der Waals surface area contributed by atoms with Gasteiger partial charge in [-0.3, -0.25) is 4.90 Å². The van der Waals surface area contributed by atoms with Gasteiger partial charge in [-0.2, -0.15) is 0 Å². The van der Waals surface area contributed by atoms with Crippen LogP contribution in [0.15, 0.2) is 0 Å². The molecule has 0 spiro atoms. The van der Waals surface area contributed by atoms with Gasteiger partial charge in [0.05, 0.1) is 0 Å². The van der Waals surface area contributed by atoms with Gasteiger partial charge in [0.1, 0.15) is 0 Å². The lowest BCUT2D eigenvalue weighted by molar-refractivity contribution is -0.153. The van der Waals surface area contributed by atoms with Crippen LogP contribution in [0, 0.1) is 5.92 Å². The first kappa shape index (κ1) is 15.9. The second-order valence-electron chi connectivity index (χ2n) is 5.02. The molecule has 1 fully saturated rings. The number of rotatable bonds is 8. The maximum absolute atomic E-state index is 5.91. The standard InChI is InChI=1S/C14H30N2O2/c1-4-12-7-8-16(13(9-12)10-15)11-14(17-5-2)18-6-3/h12-14H,4-11,15H2,1-3H3. The van der Waals surface area contributed by atoms with Gasteiger partial charge in [-0.05, 0) is 39.2 Å². The van der Waals surface area contributed by atoms with Crippen molar-refractivity contribution >= 4 is 0 Å². The Morgan fingerprint density at radius 2 is 1.89 bits per heavy atom. The molecule has 0 aliphatic carbocycles. The van der Waals surface area contributed by atoms with Gasteiger partial charge in [0, 0.05) is 32.3 Å². The summed E-state index contributed by atoms with van der Waals surface area (Å²) in [6.45, 7) is 10.4. The minimum atomic E-state index is -0.104. The van der Waals surface area contributed by atoms with Crippen LogP contribution in [-0.2, 0) is 9.47 Å². The van der Waals surface area contributed by atoms with E-state index in [-0.39, 0.29) is 6.29 Å². The van der Waals surface area contributed by atoms with Crippen LogP contribution in [0.5, 0.6) is 0 Å². The molecule has 2 atom stereocenters. The van der Waals surface area contributed by atoms with E-state index in [1.54, 1.807) is 0 Å². The summed E-state index contributed by atoms with van der Waals surface area (Å²) in [6, 6.07) is 0.493. The molecule has 1 saturated heterocycles. The number of ether oxygens (including phenoxy) is 2. The summed E-state index contributed by atoms with van der Waals surface area (Å²) in [4.78, 5) is 2.45. The molecule has 108 valence electrons. The van der Waals surface area contributed by atoms with E-state index < -0.39 is 0 Å². The summed E-state index contributed by atoms with van der Waals surface area (Å²) in [7, 11) is 0. The fourth-order valence-corrected chi connectivity index (χ4v) is 2.76. The topological polar surface area (TPSA) is 47.7 Å². The molecule has 4 nitrogen and oxygen atoms in total. The van der Waals surface area contributed by atoms with E-state index in [1.165, 1.54) is 19.3 Å². The van der Waals surface area contributed by atoms with E-state index in [4.69, 9.17) is 15.2 Å². The van der Waals surface area contributed by atoms with Gasteiger partial charge in [0.2, 0.25) is 0 Å². The zero-order valence-corrected chi connectivity index (χ0v) is 12.2. The van der Waals surface area contributed by atoms with Gasteiger partial charge in [0.25, 0.3) is 0 Å². The molecular weight excluding hydrogens is 228 g/mol. The Bertz CT molecular complexity index is 208. The minimum Gasteiger partial charge on any atom is -0.352 e. The highest BCUT2D eigenvalue weighted by molar-refractivity contribution is 4.82. The third-order valence-electron chi connectivity index (χ3n) is 3.88.